The molecule has 2 aromatic rings. The summed E-state index contributed by atoms with van der Waals surface area (Å²) < 4.78 is 27.1. The molecule has 1 aliphatic rings. The van der Waals surface area contributed by atoms with Crippen molar-refractivity contribution in [1.82, 2.24) is 9.29 Å². The van der Waals surface area contributed by atoms with Gasteiger partial charge in [-0.25, -0.2) is 8.42 Å². The Balaban J connectivity index is 1.79. The second-order valence-corrected chi connectivity index (χ2v) is 8.33. The van der Waals surface area contributed by atoms with Crippen LogP contribution in [0, 0.1) is 11.3 Å². The number of carbonyl (C=O) groups excluding carboxylic acids is 1. The molecule has 0 spiro atoms. The topological polar surface area (TPSA) is 103 Å². The van der Waals surface area contributed by atoms with Crippen LogP contribution in [0.5, 0.6) is 0 Å². The number of sulfonamides is 1. The van der Waals surface area contributed by atoms with Crippen molar-refractivity contribution in [2.75, 3.05) is 18.4 Å². The van der Waals surface area contributed by atoms with Gasteiger partial charge in [-0.2, -0.15) is 9.57 Å². The molecular weight excluding hydrogens is 376 g/mol. The van der Waals surface area contributed by atoms with Gasteiger partial charge in [-0.15, -0.1) is 0 Å². The lowest BCUT2D eigenvalue weighted by molar-refractivity contribution is -0.112. The van der Waals surface area contributed by atoms with E-state index >= 15 is 0 Å². The summed E-state index contributed by atoms with van der Waals surface area (Å²) in [5, 5.41) is 11.9. The lowest BCUT2D eigenvalue weighted by Gasteiger charge is -2.26. The van der Waals surface area contributed by atoms with Gasteiger partial charge < -0.3 is 5.32 Å². The highest BCUT2D eigenvalue weighted by molar-refractivity contribution is 7.89. The van der Waals surface area contributed by atoms with Crippen molar-refractivity contribution in [3.8, 4) is 6.07 Å². The number of hydrogen-bond donors (Lipinski definition) is 1. The minimum atomic E-state index is -3.60. The Morgan fingerprint density at radius 3 is 2.54 bits per heavy atom. The van der Waals surface area contributed by atoms with Gasteiger partial charge in [0.1, 0.15) is 11.6 Å². The zero-order valence-corrected chi connectivity index (χ0v) is 16.0. The summed E-state index contributed by atoms with van der Waals surface area (Å²) in [5.41, 5.74) is 0.901. The number of pyridine rings is 1. The Labute approximate surface area is 164 Å². The van der Waals surface area contributed by atoms with E-state index in [4.69, 9.17) is 0 Å². The normalized spacial score (nSPS) is 15.6. The fraction of sp³-hybridized carbons (Fsp3) is 0.250. The Morgan fingerprint density at radius 2 is 1.86 bits per heavy atom. The van der Waals surface area contributed by atoms with E-state index in [-0.39, 0.29) is 10.5 Å². The Morgan fingerprint density at radius 1 is 1.14 bits per heavy atom. The average Bonchev–Trinajstić information content (AvgIpc) is 2.73. The third kappa shape index (κ3) is 4.63. The smallest absolute Gasteiger partial charge is 0.266 e. The van der Waals surface area contributed by atoms with E-state index in [1.807, 2.05) is 6.07 Å². The lowest BCUT2D eigenvalue weighted by atomic mass is 10.1. The number of nitrogens with one attached hydrogen (secondary N) is 1. The fourth-order valence-electron chi connectivity index (χ4n) is 2.96. The van der Waals surface area contributed by atoms with Crippen LogP contribution < -0.4 is 5.32 Å². The predicted octanol–water partition coefficient (Wildman–Crippen LogP) is 2.80. The first-order valence-corrected chi connectivity index (χ1v) is 10.4. The monoisotopic (exact) mass is 396 g/mol. The minimum Gasteiger partial charge on any atom is -0.321 e. The van der Waals surface area contributed by atoms with E-state index in [1.54, 1.807) is 36.7 Å². The minimum absolute atomic E-state index is 0.0875. The molecule has 144 valence electrons. The quantitative estimate of drug-likeness (QED) is 0.618. The molecule has 28 heavy (non-hydrogen) atoms. The molecule has 1 fully saturated rings. The van der Waals surface area contributed by atoms with Gasteiger partial charge in [0.2, 0.25) is 10.0 Å². The van der Waals surface area contributed by atoms with Crippen molar-refractivity contribution in [3.05, 3.63) is 59.9 Å². The summed E-state index contributed by atoms with van der Waals surface area (Å²) >= 11 is 0. The third-order valence-electron chi connectivity index (χ3n) is 4.43. The molecular formula is C20H20N4O3S. The van der Waals surface area contributed by atoms with Gasteiger partial charge in [-0.05, 0) is 54.8 Å². The van der Waals surface area contributed by atoms with Crippen LogP contribution in [-0.2, 0) is 14.8 Å². The number of aromatic nitrogens is 1. The third-order valence-corrected chi connectivity index (χ3v) is 6.32. The number of nitriles is 1. The Bertz CT molecular complexity index is 1020. The summed E-state index contributed by atoms with van der Waals surface area (Å²) in [6.45, 7) is 1.01. The number of carbonyl (C=O) groups is 1. The molecule has 8 heteroatoms. The summed E-state index contributed by atoms with van der Waals surface area (Å²) in [6, 6.07) is 11.3. The molecule has 1 saturated heterocycles. The molecule has 1 aromatic carbocycles. The molecule has 0 unspecified atom stereocenters. The number of nitrogens with zero attached hydrogens (tertiary/aromatic N) is 3. The molecule has 0 saturated carbocycles. The van der Waals surface area contributed by atoms with Crippen LogP contribution in [0.25, 0.3) is 6.08 Å². The Kier molecular flexibility index (Phi) is 6.19. The van der Waals surface area contributed by atoms with Crippen LogP contribution in [0.2, 0.25) is 0 Å². The van der Waals surface area contributed by atoms with Crippen LogP contribution in [-0.4, -0.2) is 36.7 Å². The maximum Gasteiger partial charge on any atom is 0.266 e. The van der Waals surface area contributed by atoms with E-state index in [9.17, 15) is 18.5 Å². The number of hydrogen-bond acceptors (Lipinski definition) is 5. The van der Waals surface area contributed by atoms with Crippen LogP contribution in [0.4, 0.5) is 5.69 Å². The van der Waals surface area contributed by atoms with Gasteiger partial charge in [0, 0.05) is 31.2 Å². The van der Waals surface area contributed by atoms with E-state index in [2.05, 4.69) is 10.3 Å². The number of benzene rings is 1. The van der Waals surface area contributed by atoms with Crippen LogP contribution >= 0.6 is 0 Å². The van der Waals surface area contributed by atoms with E-state index in [0.29, 0.717) is 24.3 Å². The van der Waals surface area contributed by atoms with Gasteiger partial charge in [0.25, 0.3) is 5.91 Å². The highest BCUT2D eigenvalue weighted by Crippen LogP contribution is 2.23. The van der Waals surface area contributed by atoms with Crippen LogP contribution in [0.3, 0.4) is 0 Å². The number of rotatable bonds is 5. The second-order valence-electron chi connectivity index (χ2n) is 6.40. The zero-order chi connectivity index (χ0) is 20.0. The molecule has 1 N–H and O–H groups in total. The second kappa shape index (κ2) is 8.78. The maximum absolute atomic E-state index is 12.8. The summed E-state index contributed by atoms with van der Waals surface area (Å²) in [6.07, 6.45) is 7.30. The standard InChI is InChI=1S/C20H20N4O3S/c21-15-17(13-16-7-9-22-10-8-16)20(25)23-18-5-4-6-19(14-18)28(26,27)24-11-2-1-3-12-24/h4-10,13-14H,1-3,11-12H2,(H,23,25)/b17-13+. The Hall–Kier alpha value is -3.02. The predicted molar refractivity (Wildman–Crippen MR) is 106 cm³/mol. The highest BCUT2D eigenvalue weighted by Gasteiger charge is 2.26. The molecule has 0 atom stereocenters. The highest BCUT2D eigenvalue weighted by atomic mass is 32.2. The van der Waals surface area contributed by atoms with Gasteiger partial charge in [0.05, 0.1) is 4.90 Å². The largest absolute Gasteiger partial charge is 0.321 e. The van der Waals surface area contributed by atoms with Gasteiger partial charge >= 0.3 is 0 Å². The summed E-state index contributed by atoms with van der Waals surface area (Å²) in [5.74, 6) is -0.605. The van der Waals surface area contributed by atoms with Crippen molar-refractivity contribution in [2.45, 2.75) is 24.2 Å². The maximum atomic E-state index is 12.8. The van der Waals surface area contributed by atoms with Gasteiger partial charge in [-0.1, -0.05) is 12.5 Å². The molecule has 0 aliphatic carbocycles. The van der Waals surface area contributed by atoms with Crippen molar-refractivity contribution >= 4 is 27.7 Å². The zero-order valence-electron chi connectivity index (χ0n) is 15.2. The van der Waals surface area contributed by atoms with Crippen molar-refractivity contribution in [3.63, 3.8) is 0 Å². The number of anilines is 1. The van der Waals surface area contributed by atoms with Gasteiger partial charge in [0.15, 0.2) is 0 Å². The van der Waals surface area contributed by atoms with E-state index < -0.39 is 15.9 Å². The SMILES string of the molecule is N#C/C(=C\c1ccncc1)C(=O)Nc1cccc(S(=O)(=O)N2CCCCC2)c1. The first kappa shape index (κ1) is 19.7. The van der Waals surface area contributed by atoms with Crippen LogP contribution in [0.1, 0.15) is 24.8 Å². The van der Waals surface area contributed by atoms with Crippen molar-refractivity contribution in [2.24, 2.45) is 0 Å². The lowest BCUT2D eigenvalue weighted by Crippen LogP contribution is -2.35. The van der Waals surface area contributed by atoms with Crippen LogP contribution in [0.15, 0.2) is 59.3 Å². The molecule has 1 aromatic heterocycles. The van der Waals surface area contributed by atoms with E-state index in [1.165, 1.54) is 22.5 Å². The van der Waals surface area contributed by atoms with Crippen molar-refractivity contribution < 1.29 is 13.2 Å². The first-order chi connectivity index (χ1) is 13.5. The summed E-state index contributed by atoms with van der Waals surface area (Å²) in [4.78, 5) is 16.5. The molecule has 2 heterocycles. The number of piperidine rings is 1. The molecule has 1 amide bonds. The molecule has 0 radical (unpaired) electrons. The number of amides is 1. The molecule has 7 nitrogen and oxygen atoms in total. The first-order valence-electron chi connectivity index (χ1n) is 8.94. The fourth-order valence-corrected chi connectivity index (χ4v) is 4.53. The summed E-state index contributed by atoms with van der Waals surface area (Å²) in [7, 11) is -3.60. The molecule has 0 bridgehead atoms. The average molecular weight is 396 g/mol. The van der Waals surface area contributed by atoms with Gasteiger partial charge in [-0.3, -0.25) is 9.78 Å². The molecule has 1 aliphatic heterocycles. The van der Waals surface area contributed by atoms with Crippen molar-refractivity contribution in [1.29, 1.82) is 5.26 Å². The van der Waals surface area contributed by atoms with E-state index in [0.717, 1.165) is 19.3 Å². The molecule has 3 rings (SSSR count).